The first-order valence-electron chi connectivity index (χ1n) is 4.82. The molecule has 2 aromatic heterocycles. The molecule has 3 aromatic rings. The second-order valence-corrected chi connectivity index (χ2v) is 3.80. The topological polar surface area (TPSA) is 46.5 Å². The van der Waals surface area contributed by atoms with Gasteiger partial charge in [0.2, 0.25) is 0 Å². The minimum Gasteiger partial charge on any atom is -0.275 e. The number of hydrogen-bond donors (Lipinski definition) is 1. The average molecular weight is 228 g/mol. The van der Waals surface area contributed by atoms with Gasteiger partial charge in [0.15, 0.2) is 4.77 Å². The molecule has 0 bridgehead atoms. The van der Waals surface area contributed by atoms with Gasteiger partial charge >= 0.3 is 0 Å². The summed E-state index contributed by atoms with van der Waals surface area (Å²) in [4.78, 5) is 4.27. The summed E-state index contributed by atoms with van der Waals surface area (Å²) >= 11 is 5.12. The molecule has 0 fully saturated rings. The number of aromatic amines is 1. The maximum absolute atomic E-state index is 5.12. The highest BCUT2D eigenvalue weighted by atomic mass is 32.1. The summed E-state index contributed by atoms with van der Waals surface area (Å²) in [6.07, 6.45) is 3.45. The molecule has 0 aliphatic rings. The molecule has 0 aliphatic carbocycles. The average Bonchev–Trinajstić information content (AvgIpc) is 2.75. The number of benzene rings is 1. The number of nitrogens with zero attached hydrogens (tertiary/aromatic N) is 3. The van der Waals surface area contributed by atoms with Crippen molar-refractivity contribution in [1.29, 1.82) is 0 Å². The first-order chi connectivity index (χ1) is 7.84. The molecule has 78 valence electrons. The van der Waals surface area contributed by atoms with Gasteiger partial charge in [-0.25, -0.2) is 0 Å². The Kier molecular flexibility index (Phi) is 2.04. The summed E-state index contributed by atoms with van der Waals surface area (Å²) in [6, 6.07) is 9.92. The highest BCUT2D eigenvalue weighted by molar-refractivity contribution is 7.71. The standard InChI is InChI=1S/C11H8N4S/c16-11-14-13-7-15(11)9-3-4-10-8(6-9)2-1-5-12-10/h1-7H,(H,14,16). The van der Waals surface area contributed by atoms with Crippen LogP contribution in [-0.2, 0) is 0 Å². The first-order valence-corrected chi connectivity index (χ1v) is 5.22. The molecule has 0 spiro atoms. The van der Waals surface area contributed by atoms with E-state index in [1.54, 1.807) is 12.5 Å². The van der Waals surface area contributed by atoms with Crippen molar-refractivity contribution in [2.24, 2.45) is 0 Å². The van der Waals surface area contributed by atoms with Crippen LogP contribution in [0.3, 0.4) is 0 Å². The highest BCUT2D eigenvalue weighted by Gasteiger charge is 2.00. The number of rotatable bonds is 1. The van der Waals surface area contributed by atoms with Crippen molar-refractivity contribution < 1.29 is 0 Å². The number of aromatic nitrogens is 4. The molecule has 0 atom stereocenters. The predicted octanol–water partition coefficient (Wildman–Crippen LogP) is 2.48. The molecule has 5 heteroatoms. The van der Waals surface area contributed by atoms with E-state index in [0.29, 0.717) is 4.77 Å². The molecule has 4 nitrogen and oxygen atoms in total. The van der Waals surface area contributed by atoms with Gasteiger partial charge in [-0.05, 0) is 36.5 Å². The van der Waals surface area contributed by atoms with Gasteiger partial charge in [-0.3, -0.25) is 14.6 Å². The molecule has 0 amide bonds. The van der Waals surface area contributed by atoms with Gasteiger partial charge in [0.25, 0.3) is 0 Å². The third kappa shape index (κ3) is 1.42. The number of hydrogen-bond acceptors (Lipinski definition) is 3. The fourth-order valence-corrected chi connectivity index (χ4v) is 1.85. The maximum Gasteiger partial charge on any atom is 0.199 e. The summed E-state index contributed by atoms with van der Waals surface area (Å²) in [6.45, 7) is 0. The van der Waals surface area contributed by atoms with E-state index in [-0.39, 0.29) is 0 Å². The summed E-state index contributed by atoms with van der Waals surface area (Å²) in [5, 5.41) is 7.71. The van der Waals surface area contributed by atoms with Crippen LogP contribution >= 0.6 is 12.2 Å². The minimum atomic E-state index is 0.586. The van der Waals surface area contributed by atoms with E-state index in [0.717, 1.165) is 16.6 Å². The predicted molar refractivity (Wildman–Crippen MR) is 64.0 cm³/mol. The fourth-order valence-electron chi connectivity index (χ4n) is 1.64. The minimum absolute atomic E-state index is 0.586. The third-order valence-electron chi connectivity index (χ3n) is 2.42. The van der Waals surface area contributed by atoms with Crippen LogP contribution in [0.2, 0.25) is 0 Å². The first kappa shape index (κ1) is 9.23. The number of H-pyrrole nitrogens is 1. The van der Waals surface area contributed by atoms with Gasteiger partial charge in [-0.15, -0.1) is 0 Å². The van der Waals surface area contributed by atoms with Gasteiger partial charge in [-0.1, -0.05) is 6.07 Å². The molecule has 0 saturated heterocycles. The van der Waals surface area contributed by atoms with Crippen LogP contribution in [0.5, 0.6) is 0 Å². The van der Waals surface area contributed by atoms with E-state index in [1.807, 2.05) is 34.9 Å². The van der Waals surface area contributed by atoms with Gasteiger partial charge in [0.1, 0.15) is 6.33 Å². The molecule has 1 N–H and O–H groups in total. The van der Waals surface area contributed by atoms with Crippen LogP contribution in [0.15, 0.2) is 42.9 Å². The highest BCUT2D eigenvalue weighted by Crippen LogP contribution is 2.16. The van der Waals surface area contributed by atoms with Crippen molar-refractivity contribution in [3.8, 4) is 5.69 Å². The van der Waals surface area contributed by atoms with Gasteiger partial charge in [-0.2, -0.15) is 5.10 Å². The van der Waals surface area contributed by atoms with Crippen molar-refractivity contribution in [1.82, 2.24) is 19.7 Å². The van der Waals surface area contributed by atoms with Gasteiger partial charge < -0.3 is 0 Å². The summed E-state index contributed by atoms with van der Waals surface area (Å²) in [5.41, 5.74) is 1.96. The van der Waals surface area contributed by atoms with E-state index >= 15 is 0 Å². The van der Waals surface area contributed by atoms with Crippen molar-refractivity contribution in [2.45, 2.75) is 0 Å². The Morgan fingerprint density at radius 2 is 2.19 bits per heavy atom. The molecule has 0 radical (unpaired) electrons. The number of fused-ring (bicyclic) bond motifs is 1. The number of pyridine rings is 1. The lowest BCUT2D eigenvalue weighted by atomic mass is 10.2. The van der Waals surface area contributed by atoms with E-state index < -0.39 is 0 Å². The Hall–Kier alpha value is -2.01. The van der Waals surface area contributed by atoms with Crippen LogP contribution < -0.4 is 0 Å². The van der Waals surface area contributed by atoms with E-state index in [9.17, 15) is 0 Å². The van der Waals surface area contributed by atoms with Crippen molar-refractivity contribution in [2.75, 3.05) is 0 Å². The van der Waals surface area contributed by atoms with Crippen molar-refractivity contribution in [3.63, 3.8) is 0 Å². The lowest BCUT2D eigenvalue weighted by Gasteiger charge is -2.02. The van der Waals surface area contributed by atoms with Crippen LogP contribution in [0.25, 0.3) is 16.6 Å². The Balaban J connectivity index is 2.27. The van der Waals surface area contributed by atoms with Crippen LogP contribution in [0.1, 0.15) is 0 Å². The normalized spacial score (nSPS) is 10.8. The summed E-state index contributed by atoms with van der Waals surface area (Å²) in [5.74, 6) is 0. The largest absolute Gasteiger partial charge is 0.275 e. The fraction of sp³-hybridized carbons (Fsp3) is 0. The second kappa shape index (κ2) is 3.53. The summed E-state index contributed by atoms with van der Waals surface area (Å²) in [7, 11) is 0. The van der Waals surface area contributed by atoms with Gasteiger partial charge in [0, 0.05) is 11.6 Å². The molecule has 0 aliphatic heterocycles. The molecule has 16 heavy (non-hydrogen) atoms. The third-order valence-corrected chi connectivity index (χ3v) is 2.70. The Morgan fingerprint density at radius 3 is 3.00 bits per heavy atom. The van der Waals surface area contributed by atoms with Crippen molar-refractivity contribution >= 4 is 23.1 Å². The Bertz CT molecular complexity index is 698. The zero-order valence-electron chi connectivity index (χ0n) is 8.29. The monoisotopic (exact) mass is 228 g/mol. The quantitative estimate of drug-likeness (QED) is 0.651. The van der Waals surface area contributed by atoms with Gasteiger partial charge in [0.05, 0.1) is 11.2 Å². The molecular formula is C11H8N4S. The maximum atomic E-state index is 5.12. The van der Waals surface area contributed by atoms with Crippen LogP contribution in [0, 0.1) is 4.77 Å². The zero-order valence-corrected chi connectivity index (χ0v) is 9.11. The van der Waals surface area contributed by atoms with Crippen LogP contribution in [-0.4, -0.2) is 19.7 Å². The number of nitrogens with one attached hydrogen (secondary N) is 1. The van der Waals surface area contributed by atoms with E-state index in [1.165, 1.54) is 0 Å². The second-order valence-electron chi connectivity index (χ2n) is 3.41. The Morgan fingerprint density at radius 1 is 1.25 bits per heavy atom. The van der Waals surface area contributed by atoms with Crippen LogP contribution in [0.4, 0.5) is 0 Å². The lowest BCUT2D eigenvalue weighted by Crippen LogP contribution is -1.92. The molecule has 1 aromatic carbocycles. The van der Waals surface area contributed by atoms with E-state index in [4.69, 9.17) is 12.2 Å². The zero-order chi connectivity index (χ0) is 11.0. The molecule has 0 unspecified atom stereocenters. The smallest absolute Gasteiger partial charge is 0.199 e. The molecule has 2 heterocycles. The van der Waals surface area contributed by atoms with E-state index in [2.05, 4.69) is 15.2 Å². The molecule has 3 rings (SSSR count). The van der Waals surface area contributed by atoms with Crippen molar-refractivity contribution in [3.05, 3.63) is 47.6 Å². The summed E-state index contributed by atoms with van der Waals surface area (Å²) < 4.78 is 2.41. The Labute approximate surface area is 96.6 Å². The molecular weight excluding hydrogens is 220 g/mol. The SMILES string of the molecule is S=c1[nH]ncn1-c1ccc2ncccc2c1. The lowest BCUT2D eigenvalue weighted by molar-refractivity contribution is 1.03. The molecule has 0 saturated carbocycles.